The van der Waals surface area contributed by atoms with Gasteiger partial charge in [-0.3, -0.25) is 9.88 Å². The van der Waals surface area contributed by atoms with Crippen LogP contribution in [0.25, 0.3) is 11.0 Å². The van der Waals surface area contributed by atoms with Crippen LogP contribution in [0.2, 0.25) is 0 Å². The molecule has 33 heavy (non-hydrogen) atoms. The molecule has 168 valence electrons. The van der Waals surface area contributed by atoms with Crippen LogP contribution in [0.1, 0.15) is 52.7 Å². The Morgan fingerprint density at radius 2 is 2.00 bits per heavy atom. The highest BCUT2D eigenvalue weighted by Crippen LogP contribution is 2.35. The normalized spacial score (nSPS) is 15.6. The van der Waals surface area contributed by atoms with Crippen LogP contribution in [0.3, 0.4) is 0 Å². The maximum Gasteiger partial charge on any atom is 0.124 e. The van der Waals surface area contributed by atoms with E-state index >= 15 is 0 Å². The molecule has 4 aromatic rings. The van der Waals surface area contributed by atoms with Crippen molar-refractivity contribution in [3.05, 3.63) is 94.6 Å². The average molecular weight is 440 g/mol. The van der Waals surface area contributed by atoms with Crippen molar-refractivity contribution in [2.24, 2.45) is 5.73 Å². The first-order chi connectivity index (χ1) is 16.2. The van der Waals surface area contributed by atoms with Crippen LogP contribution in [-0.4, -0.2) is 26.1 Å². The lowest BCUT2D eigenvalue weighted by molar-refractivity contribution is -0.107. The number of nitrogens with one attached hydrogen (secondary N) is 1. The molecule has 1 aliphatic carbocycles. The smallest absolute Gasteiger partial charge is 0.124 e. The molecule has 1 unspecified atom stereocenters. The third kappa shape index (κ3) is 4.58. The van der Waals surface area contributed by atoms with E-state index in [0.717, 1.165) is 60.1 Å². The number of hydrogen-bond donors (Lipinski definition) is 2. The van der Waals surface area contributed by atoms with E-state index in [0.29, 0.717) is 19.5 Å². The highest BCUT2D eigenvalue weighted by atomic mass is 16.1. The molecule has 0 bridgehead atoms. The van der Waals surface area contributed by atoms with Crippen molar-refractivity contribution in [1.29, 1.82) is 0 Å². The second-order valence-electron chi connectivity index (χ2n) is 8.74. The number of hydrogen-bond acceptors (Lipinski definition) is 5. The van der Waals surface area contributed by atoms with Crippen LogP contribution in [0.15, 0.2) is 60.8 Å². The number of H-pyrrole nitrogens is 1. The second kappa shape index (κ2) is 9.65. The fraction of sp³-hybridized carbons (Fsp3) is 0.296. The first kappa shape index (κ1) is 21.5. The number of aromatic amines is 1. The Hall–Kier alpha value is -3.35. The number of benzene rings is 2. The van der Waals surface area contributed by atoms with Crippen molar-refractivity contribution in [2.75, 3.05) is 0 Å². The molecular formula is C27H29N5O. The van der Waals surface area contributed by atoms with Crippen LogP contribution in [-0.2, 0) is 37.3 Å². The van der Waals surface area contributed by atoms with Crippen molar-refractivity contribution in [1.82, 2.24) is 19.9 Å². The summed E-state index contributed by atoms with van der Waals surface area (Å²) in [6.07, 6.45) is 6.53. The predicted octanol–water partition coefficient (Wildman–Crippen LogP) is 4.24. The highest BCUT2D eigenvalue weighted by molar-refractivity contribution is 5.74. The molecule has 5 rings (SSSR count). The molecule has 2 aromatic heterocycles. The third-order valence-electron chi connectivity index (χ3n) is 6.58. The molecule has 0 radical (unpaired) electrons. The summed E-state index contributed by atoms with van der Waals surface area (Å²) in [5.41, 5.74) is 13.9. The van der Waals surface area contributed by atoms with E-state index < -0.39 is 0 Å². The first-order valence-electron chi connectivity index (χ1n) is 11.6. The number of para-hydroxylation sites is 2. The summed E-state index contributed by atoms with van der Waals surface area (Å²) in [6, 6.07) is 18.8. The minimum absolute atomic E-state index is 0.212. The summed E-state index contributed by atoms with van der Waals surface area (Å²) in [5.74, 6) is 0.950. The molecule has 2 heterocycles. The molecule has 2 aromatic carbocycles. The summed E-state index contributed by atoms with van der Waals surface area (Å²) >= 11 is 0. The zero-order chi connectivity index (χ0) is 22.6. The molecule has 0 spiro atoms. The Balaban J connectivity index is 1.51. The highest BCUT2D eigenvalue weighted by Gasteiger charge is 2.28. The number of imidazole rings is 1. The van der Waals surface area contributed by atoms with Gasteiger partial charge in [0.1, 0.15) is 12.1 Å². The molecular weight excluding hydrogens is 410 g/mol. The van der Waals surface area contributed by atoms with Gasteiger partial charge in [-0.15, -0.1) is 0 Å². The third-order valence-corrected chi connectivity index (χ3v) is 6.58. The van der Waals surface area contributed by atoms with Crippen LogP contribution >= 0.6 is 0 Å². The van der Waals surface area contributed by atoms with Gasteiger partial charge in [0.2, 0.25) is 0 Å². The number of nitrogens with zero attached hydrogens (tertiary/aromatic N) is 3. The Kier molecular flexibility index (Phi) is 6.28. The molecule has 1 aliphatic rings. The number of aldehydes is 1. The Labute approximate surface area is 193 Å². The Morgan fingerprint density at radius 3 is 2.85 bits per heavy atom. The minimum atomic E-state index is 0.212. The molecule has 0 fully saturated rings. The summed E-state index contributed by atoms with van der Waals surface area (Å²) < 4.78 is 0. The molecule has 0 aliphatic heterocycles. The van der Waals surface area contributed by atoms with Crippen LogP contribution in [0.5, 0.6) is 0 Å². The number of rotatable bonds is 8. The lowest BCUT2D eigenvalue weighted by atomic mass is 9.90. The van der Waals surface area contributed by atoms with Crippen LogP contribution < -0.4 is 5.73 Å². The number of aryl methyl sites for hydroxylation is 1. The summed E-state index contributed by atoms with van der Waals surface area (Å²) in [5, 5.41) is 0. The molecule has 1 atom stereocenters. The number of aromatic nitrogens is 3. The van der Waals surface area contributed by atoms with Crippen molar-refractivity contribution in [3.63, 3.8) is 0 Å². The van der Waals surface area contributed by atoms with Gasteiger partial charge in [-0.2, -0.15) is 0 Å². The van der Waals surface area contributed by atoms with Gasteiger partial charge in [0, 0.05) is 25.7 Å². The summed E-state index contributed by atoms with van der Waals surface area (Å²) in [4.78, 5) is 26.6. The summed E-state index contributed by atoms with van der Waals surface area (Å²) in [7, 11) is 0. The van der Waals surface area contributed by atoms with Gasteiger partial charge < -0.3 is 15.5 Å². The number of pyridine rings is 1. The standard InChI is InChI=1S/C27H29N5O/c28-16-22-15-19(12-14-33)10-11-21(22)17-32(18-26-30-23-7-1-2-8-24(23)31-26)25-9-3-5-20-6-4-13-29-27(20)25/h1-2,4,6-8,10-11,13-15,25H,3,5,9,12,16-18,28H2,(H,30,31). The Bertz CT molecular complexity index is 1230. The van der Waals surface area contributed by atoms with Crippen molar-refractivity contribution in [2.45, 2.75) is 51.4 Å². The fourth-order valence-electron chi connectivity index (χ4n) is 4.96. The van der Waals surface area contributed by atoms with E-state index in [9.17, 15) is 4.79 Å². The van der Waals surface area contributed by atoms with E-state index in [1.54, 1.807) is 0 Å². The number of carbonyl (C=O) groups excluding carboxylic acids is 1. The second-order valence-corrected chi connectivity index (χ2v) is 8.74. The maximum absolute atomic E-state index is 11.0. The van der Waals surface area contributed by atoms with E-state index in [1.165, 1.54) is 16.8 Å². The van der Waals surface area contributed by atoms with Gasteiger partial charge >= 0.3 is 0 Å². The topological polar surface area (TPSA) is 87.9 Å². The molecule has 0 saturated carbocycles. The van der Waals surface area contributed by atoms with E-state index in [2.05, 4.69) is 34.1 Å². The first-order valence-corrected chi connectivity index (χ1v) is 11.6. The monoisotopic (exact) mass is 439 g/mol. The minimum Gasteiger partial charge on any atom is -0.341 e. The molecule has 3 N–H and O–H groups in total. The van der Waals surface area contributed by atoms with Crippen molar-refractivity contribution < 1.29 is 4.79 Å². The zero-order valence-electron chi connectivity index (χ0n) is 18.7. The largest absolute Gasteiger partial charge is 0.341 e. The van der Waals surface area contributed by atoms with Gasteiger partial charge in [-0.25, -0.2) is 4.98 Å². The van der Waals surface area contributed by atoms with Crippen LogP contribution in [0.4, 0.5) is 0 Å². The van der Waals surface area contributed by atoms with Gasteiger partial charge in [0.15, 0.2) is 0 Å². The predicted molar refractivity (Wildman–Crippen MR) is 129 cm³/mol. The molecule has 0 amide bonds. The van der Waals surface area contributed by atoms with Crippen LogP contribution in [0, 0.1) is 0 Å². The molecule has 6 nitrogen and oxygen atoms in total. The van der Waals surface area contributed by atoms with Crippen molar-refractivity contribution >= 4 is 17.3 Å². The summed E-state index contributed by atoms with van der Waals surface area (Å²) in [6.45, 7) is 1.88. The molecule has 0 saturated heterocycles. The maximum atomic E-state index is 11.0. The lowest BCUT2D eigenvalue weighted by Crippen LogP contribution is -2.32. The average Bonchev–Trinajstić information content (AvgIpc) is 3.27. The van der Waals surface area contributed by atoms with Gasteiger partial charge in [0.05, 0.1) is 29.3 Å². The van der Waals surface area contributed by atoms with Gasteiger partial charge in [0.25, 0.3) is 0 Å². The zero-order valence-corrected chi connectivity index (χ0v) is 18.7. The van der Waals surface area contributed by atoms with Gasteiger partial charge in [-0.05, 0) is 59.7 Å². The molecule has 6 heteroatoms. The van der Waals surface area contributed by atoms with Crippen molar-refractivity contribution in [3.8, 4) is 0 Å². The Morgan fingerprint density at radius 1 is 1.09 bits per heavy atom. The number of carbonyl (C=O) groups is 1. The van der Waals surface area contributed by atoms with E-state index in [-0.39, 0.29) is 6.04 Å². The fourth-order valence-corrected chi connectivity index (χ4v) is 4.96. The quantitative estimate of drug-likeness (QED) is 0.401. The number of fused-ring (bicyclic) bond motifs is 2. The number of nitrogens with two attached hydrogens (primary N) is 1. The SMILES string of the molecule is NCc1cc(CC=O)ccc1CN(Cc1nc2ccccc2[nH]1)C1CCCc2cccnc21. The van der Waals surface area contributed by atoms with E-state index in [1.807, 2.05) is 36.5 Å². The van der Waals surface area contributed by atoms with Gasteiger partial charge in [-0.1, -0.05) is 36.4 Å². The van der Waals surface area contributed by atoms with E-state index in [4.69, 9.17) is 15.7 Å². The lowest BCUT2D eigenvalue weighted by Gasteiger charge is -2.35.